The number of carboxylic acid groups (broad SMARTS) is 1. The van der Waals surface area contributed by atoms with E-state index in [0.717, 1.165) is 0 Å². The van der Waals surface area contributed by atoms with Crippen LogP contribution in [-0.4, -0.2) is 25.4 Å². The van der Waals surface area contributed by atoms with Crippen LogP contribution in [0.15, 0.2) is 18.6 Å². The zero-order chi connectivity index (χ0) is 10.1. The largest absolute Gasteiger partial charge is 0.477 e. The Morgan fingerprint density at radius 2 is 2.43 bits per heavy atom. The summed E-state index contributed by atoms with van der Waals surface area (Å²) in [7, 11) is 0. The predicted octanol–water partition coefficient (Wildman–Crippen LogP) is 0.990. The van der Waals surface area contributed by atoms with E-state index in [1.807, 2.05) is 6.92 Å². The first-order valence-electron chi connectivity index (χ1n) is 4.28. The third kappa shape index (κ3) is 1.14. The maximum absolute atomic E-state index is 11.0. The average Bonchev–Trinajstić information content (AvgIpc) is 2.55. The Morgan fingerprint density at radius 3 is 3.07 bits per heavy atom. The normalized spacial score (nSPS) is 10.6. The van der Waals surface area contributed by atoms with Gasteiger partial charge in [-0.1, -0.05) is 6.92 Å². The first-order valence-corrected chi connectivity index (χ1v) is 4.28. The van der Waals surface area contributed by atoms with Gasteiger partial charge in [-0.25, -0.2) is 9.78 Å². The number of carboxylic acids is 1. The molecule has 72 valence electrons. The van der Waals surface area contributed by atoms with Crippen LogP contribution in [0.3, 0.4) is 0 Å². The summed E-state index contributed by atoms with van der Waals surface area (Å²) in [4.78, 5) is 19.0. The molecule has 0 aromatic carbocycles. The minimum atomic E-state index is -0.958. The first-order chi connectivity index (χ1) is 6.74. The van der Waals surface area contributed by atoms with Crippen molar-refractivity contribution in [3.8, 4) is 0 Å². The summed E-state index contributed by atoms with van der Waals surface area (Å²) < 4.78 is 1.54. The molecule has 1 N–H and O–H groups in total. The molecular weight excluding hydrogens is 182 g/mol. The van der Waals surface area contributed by atoms with Gasteiger partial charge in [0.05, 0.1) is 11.9 Å². The van der Waals surface area contributed by atoms with E-state index in [2.05, 4.69) is 9.97 Å². The molecule has 5 nitrogen and oxygen atoms in total. The van der Waals surface area contributed by atoms with E-state index in [-0.39, 0.29) is 5.69 Å². The minimum absolute atomic E-state index is 0.227. The van der Waals surface area contributed by atoms with Gasteiger partial charge in [0, 0.05) is 12.4 Å². The van der Waals surface area contributed by atoms with E-state index in [9.17, 15) is 4.79 Å². The summed E-state index contributed by atoms with van der Waals surface area (Å²) in [6.45, 7) is 1.88. The third-order valence-electron chi connectivity index (χ3n) is 2.04. The van der Waals surface area contributed by atoms with Crippen LogP contribution in [0.4, 0.5) is 0 Å². The van der Waals surface area contributed by atoms with Crippen molar-refractivity contribution in [1.82, 2.24) is 14.4 Å². The lowest BCUT2D eigenvalue weighted by molar-refractivity contribution is 0.0688. The summed E-state index contributed by atoms with van der Waals surface area (Å²) in [6, 6.07) is 0. The van der Waals surface area contributed by atoms with Crippen molar-refractivity contribution in [3.05, 3.63) is 30.0 Å². The van der Waals surface area contributed by atoms with Crippen LogP contribution in [0.2, 0.25) is 0 Å². The van der Waals surface area contributed by atoms with Gasteiger partial charge in [0.1, 0.15) is 0 Å². The topological polar surface area (TPSA) is 67.5 Å². The van der Waals surface area contributed by atoms with Gasteiger partial charge in [-0.05, 0) is 6.42 Å². The lowest BCUT2D eigenvalue weighted by atomic mass is 10.2. The van der Waals surface area contributed by atoms with Crippen LogP contribution in [0.1, 0.15) is 23.1 Å². The molecule has 0 radical (unpaired) electrons. The van der Waals surface area contributed by atoms with Crippen LogP contribution < -0.4 is 0 Å². The van der Waals surface area contributed by atoms with Crippen molar-refractivity contribution in [1.29, 1.82) is 0 Å². The van der Waals surface area contributed by atoms with Crippen molar-refractivity contribution in [2.75, 3.05) is 0 Å². The fourth-order valence-electron chi connectivity index (χ4n) is 1.43. The highest BCUT2D eigenvalue weighted by molar-refractivity contribution is 5.88. The Bertz CT molecular complexity index is 490. The van der Waals surface area contributed by atoms with E-state index in [1.54, 1.807) is 18.6 Å². The van der Waals surface area contributed by atoms with E-state index in [0.29, 0.717) is 17.8 Å². The second kappa shape index (κ2) is 3.10. The van der Waals surface area contributed by atoms with E-state index in [1.165, 1.54) is 4.40 Å². The van der Waals surface area contributed by atoms with E-state index in [4.69, 9.17) is 5.11 Å². The van der Waals surface area contributed by atoms with Gasteiger partial charge in [0.2, 0.25) is 0 Å². The molecule has 0 saturated heterocycles. The molecule has 2 aromatic heterocycles. The average molecular weight is 191 g/mol. The molecule has 2 heterocycles. The van der Waals surface area contributed by atoms with Gasteiger partial charge in [0.15, 0.2) is 11.3 Å². The summed E-state index contributed by atoms with van der Waals surface area (Å²) in [5.41, 5.74) is 1.39. The van der Waals surface area contributed by atoms with Gasteiger partial charge >= 0.3 is 5.97 Å². The van der Waals surface area contributed by atoms with Crippen LogP contribution in [0.5, 0.6) is 0 Å². The van der Waals surface area contributed by atoms with Crippen molar-refractivity contribution < 1.29 is 9.90 Å². The van der Waals surface area contributed by atoms with E-state index < -0.39 is 5.97 Å². The molecule has 0 aliphatic heterocycles. The zero-order valence-corrected chi connectivity index (χ0v) is 7.64. The summed E-state index contributed by atoms with van der Waals surface area (Å²) in [5.74, 6) is -0.958. The molecule has 0 amide bonds. The van der Waals surface area contributed by atoms with Crippen LogP contribution in [-0.2, 0) is 6.42 Å². The molecule has 0 aliphatic rings. The van der Waals surface area contributed by atoms with Gasteiger partial charge in [0.25, 0.3) is 0 Å². The summed E-state index contributed by atoms with van der Waals surface area (Å²) in [6.07, 6.45) is 5.29. The van der Waals surface area contributed by atoms with Crippen molar-refractivity contribution in [3.63, 3.8) is 0 Å². The number of aromatic carboxylic acids is 1. The molecule has 14 heavy (non-hydrogen) atoms. The standard InChI is InChI=1S/C9H9N3O2/c1-2-6-8(9(13)14)12-4-3-10-5-7(12)11-6/h3-5H,2H2,1H3,(H,13,14). The molecule has 0 aliphatic carbocycles. The fraction of sp³-hybridized carbons (Fsp3) is 0.222. The number of carbonyl (C=O) groups is 1. The number of hydrogen-bond acceptors (Lipinski definition) is 3. The van der Waals surface area contributed by atoms with Gasteiger partial charge in [-0.15, -0.1) is 0 Å². The Hall–Kier alpha value is -1.91. The van der Waals surface area contributed by atoms with Crippen molar-refractivity contribution in [2.45, 2.75) is 13.3 Å². The quantitative estimate of drug-likeness (QED) is 0.768. The van der Waals surface area contributed by atoms with Crippen LogP contribution in [0.25, 0.3) is 5.65 Å². The Morgan fingerprint density at radius 1 is 1.64 bits per heavy atom. The number of aromatic nitrogens is 3. The lowest BCUT2D eigenvalue weighted by Crippen LogP contribution is -2.04. The zero-order valence-electron chi connectivity index (χ0n) is 7.64. The summed E-state index contributed by atoms with van der Waals surface area (Å²) >= 11 is 0. The molecule has 0 spiro atoms. The number of nitrogens with zero attached hydrogens (tertiary/aromatic N) is 3. The maximum atomic E-state index is 11.0. The number of fused-ring (bicyclic) bond motifs is 1. The monoisotopic (exact) mass is 191 g/mol. The molecule has 0 saturated carbocycles. The molecule has 0 atom stereocenters. The minimum Gasteiger partial charge on any atom is -0.477 e. The Labute approximate surface area is 80.0 Å². The Kier molecular flexibility index (Phi) is 1.92. The molecular formula is C9H9N3O2. The highest BCUT2D eigenvalue weighted by atomic mass is 16.4. The van der Waals surface area contributed by atoms with Crippen LogP contribution in [0, 0.1) is 0 Å². The lowest BCUT2D eigenvalue weighted by Gasteiger charge is -1.95. The highest BCUT2D eigenvalue weighted by Crippen LogP contribution is 2.11. The molecule has 0 unspecified atom stereocenters. The van der Waals surface area contributed by atoms with Gasteiger partial charge < -0.3 is 5.11 Å². The SMILES string of the molecule is CCc1nc2cnccn2c1C(=O)O. The van der Waals surface area contributed by atoms with Gasteiger partial charge in [-0.3, -0.25) is 9.38 Å². The molecule has 2 aromatic rings. The molecule has 0 fully saturated rings. The van der Waals surface area contributed by atoms with E-state index >= 15 is 0 Å². The van der Waals surface area contributed by atoms with Crippen LogP contribution >= 0.6 is 0 Å². The maximum Gasteiger partial charge on any atom is 0.354 e. The van der Waals surface area contributed by atoms with Crippen molar-refractivity contribution >= 4 is 11.6 Å². The third-order valence-corrected chi connectivity index (χ3v) is 2.04. The number of aryl methyl sites for hydroxylation is 1. The molecule has 2 rings (SSSR count). The highest BCUT2D eigenvalue weighted by Gasteiger charge is 2.16. The summed E-state index contributed by atoms with van der Waals surface area (Å²) in [5, 5.41) is 9.00. The second-order valence-corrected chi connectivity index (χ2v) is 2.87. The number of hydrogen-bond donors (Lipinski definition) is 1. The number of rotatable bonds is 2. The second-order valence-electron chi connectivity index (χ2n) is 2.87. The number of imidazole rings is 1. The predicted molar refractivity (Wildman–Crippen MR) is 49.3 cm³/mol. The molecule has 0 bridgehead atoms. The molecule has 5 heteroatoms. The van der Waals surface area contributed by atoms with Crippen molar-refractivity contribution in [2.24, 2.45) is 0 Å². The van der Waals surface area contributed by atoms with Gasteiger partial charge in [-0.2, -0.15) is 0 Å². The first kappa shape index (κ1) is 8.68. The smallest absolute Gasteiger partial charge is 0.354 e. The fourth-order valence-corrected chi connectivity index (χ4v) is 1.43. The Balaban J connectivity index is 2.81.